The summed E-state index contributed by atoms with van der Waals surface area (Å²) in [6.07, 6.45) is 0. The van der Waals surface area contributed by atoms with Gasteiger partial charge in [-0.1, -0.05) is 12.1 Å². The molecule has 0 aliphatic heterocycles. The summed E-state index contributed by atoms with van der Waals surface area (Å²) < 4.78 is 109. The van der Waals surface area contributed by atoms with Crippen molar-refractivity contribution >= 4 is 41.4 Å². The zero-order valence-electron chi connectivity index (χ0n) is 21.5. The van der Waals surface area contributed by atoms with Gasteiger partial charge in [-0.05, 0) is 60.7 Å². The maximum atomic E-state index is 13.3. The number of rotatable bonds is 8. The number of nitrogen functional groups attached to an aromatic ring is 2. The van der Waals surface area contributed by atoms with Crippen LogP contribution >= 0.6 is 0 Å². The molecule has 0 unspecified atom stereocenters. The second-order valence-corrected chi connectivity index (χ2v) is 12.6. The third-order valence-electron chi connectivity index (χ3n) is 5.16. The van der Waals surface area contributed by atoms with Crippen LogP contribution in [0.3, 0.4) is 0 Å². The Kier molecular flexibility index (Phi) is 12.6. The van der Waals surface area contributed by atoms with E-state index in [1.807, 2.05) is 0 Å². The minimum atomic E-state index is -5.25. The topological polar surface area (TPSA) is 219 Å². The largest absolute Gasteiger partial charge is 1.00 e. The van der Waals surface area contributed by atoms with E-state index in [1.165, 1.54) is 48.5 Å². The minimum Gasteiger partial charge on any atom is -0.744 e. The van der Waals surface area contributed by atoms with Crippen LogP contribution in [-0.2, 0) is 30.1 Å². The molecule has 0 fully saturated rings. The molecule has 0 spiro atoms. The quantitative estimate of drug-likeness (QED) is 0.110. The summed E-state index contributed by atoms with van der Waals surface area (Å²) in [4.78, 5) is -3.36. The fourth-order valence-electron chi connectivity index (χ4n) is 3.42. The van der Waals surface area contributed by atoms with Crippen LogP contribution in [0.1, 0.15) is 0 Å². The average molecular weight is 669 g/mol. The summed E-state index contributed by atoms with van der Waals surface area (Å²) in [7, 11) is -15.2. The molecule has 0 heterocycles. The van der Waals surface area contributed by atoms with Gasteiger partial charge in [-0.15, -0.1) is 0 Å². The summed E-state index contributed by atoms with van der Waals surface area (Å²) >= 11 is 0. The van der Waals surface area contributed by atoms with Crippen molar-refractivity contribution in [1.29, 1.82) is 0 Å². The van der Waals surface area contributed by atoms with Crippen molar-refractivity contribution in [3.8, 4) is 23.0 Å². The van der Waals surface area contributed by atoms with E-state index in [0.29, 0.717) is 12.1 Å². The maximum Gasteiger partial charge on any atom is 1.00 e. The molecule has 0 atom stereocenters. The van der Waals surface area contributed by atoms with Gasteiger partial charge >= 0.3 is 103 Å². The van der Waals surface area contributed by atoms with E-state index in [9.17, 15) is 34.4 Å². The summed E-state index contributed by atoms with van der Waals surface area (Å²) in [6.45, 7) is 0. The van der Waals surface area contributed by atoms with Crippen LogP contribution < -0.4 is 124 Å². The van der Waals surface area contributed by atoms with Gasteiger partial charge in [0.2, 0.25) is 9.84 Å². The van der Waals surface area contributed by atoms with Gasteiger partial charge < -0.3 is 30.0 Å². The Morgan fingerprint density at radius 2 is 0.902 bits per heavy atom. The molecular formula is C24H18K2N2O10S3. The fraction of sp³-hybridized carbons (Fsp3) is 0. The molecule has 0 aliphatic carbocycles. The van der Waals surface area contributed by atoms with Crippen LogP contribution in [0.2, 0.25) is 0 Å². The average Bonchev–Trinajstić information content (AvgIpc) is 2.83. The summed E-state index contributed by atoms with van der Waals surface area (Å²) in [6, 6.07) is 16.6. The molecular weight excluding hydrogens is 651 g/mol. The molecule has 0 amide bonds. The first kappa shape index (κ1) is 36.3. The molecule has 4 aromatic rings. The van der Waals surface area contributed by atoms with E-state index in [0.717, 1.165) is 24.3 Å². The normalized spacial score (nSPS) is 11.6. The van der Waals surface area contributed by atoms with Gasteiger partial charge in [-0.25, -0.2) is 25.3 Å². The predicted molar refractivity (Wildman–Crippen MR) is 136 cm³/mol. The van der Waals surface area contributed by atoms with E-state index in [4.69, 9.17) is 20.9 Å². The molecule has 0 saturated carbocycles. The van der Waals surface area contributed by atoms with Crippen molar-refractivity contribution in [1.82, 2.24) is 0 Å². The maximum absolute atomic E-state index is 13.3. The van der Waals surface area contributed by atoms with E-state index in [-0.39, 0.29) is 126 Å². The number of hydrogen-bond donors (Lipinski definition) is 2. The molecule has 17 heteroatoms. The van der Waals surface area contributed by atoms with Crippen molar-refractivity contribution < 1.29 is 147 Å². The van der Waals surface area contributed by atoms with E-state index < -0.39 is 61.2 Å². The van der Waals surface area contributed by atoms with E-state index in [1.54, 1.807) is 0 Å². The first-order valence-corrected chi connectivity index (χ1v) is 15.0. The van der Waals surface area contributed by atoms with Crippen LogP contribution in [0.4, 0.5) is 11.4 Å². The molecule has 0 bridgehead atoms. The molecule has 4 aromatic carbocycles. The summed E-state index contributed by atoms with van der Waals surface area (Å²) in [5, 5.41) is 0. The van der Waals surface area contributed by atoms with Crippen LogP contribution in [0.15, 0.2) is 105 Å². The second-order valence-electron chi connectivity index (χ2n) is 7.98. The Hall–Kier alpha value is -0.877. The number of nitrogens with two attached hydrogens (primary N) is 2. The molecule has 0 saturated heterocycles. The molecule has 4 N–H and O–H groups in total. The van der Waals surface area contributed by atoms with Crippen LogP contribution in [0.25, 0.3) is 0 Å². The molecule has 41 heavy (non-hydrogen) atoms. The third-order valence-corrected chi connectivity index (χ3v) is 8.63. The van der Waals surface area contributed by atoms with Crippen molar-refractivity contribution in [2.45, 2.75) is 19.6 Å². The second kappa shape index (κ2) is 14.3. The van der Waals surface area contributed by atoms with Crippen molar-refractivity contribution in [3.05, 3.63) is 84.9 Å². The van der Waals surface area contributed by atoms with E-state index in [2.05, 4.69) is 0 Å². The molecule has 0 radical (unpaired) electrons. The Labute approximate surface area is 321 Å². The molecule has 0 aliphatic rings. The van der Waals surface area contributed by atoms with Gasteiger partial charge in [0.25, 0.3) is 0 Å². The fourth-order valence-corrected chi connectivity index (χ4v) is 6.13. The number of anilines is 2. The molecule has 204 valence electrons. The monoisotopic (exact) mass is 668 g/mol. The van der Waals surface area contributed by atoms with Gasteiger partial charge in [0.15, 0.2) is 0 Å². The molecule has 4 rings (SSSR count). The number of hydrogen-bond acceptors (Lipinski definition) is 12. The first-order valence-electron chi connectivity index (χ1n) is 10.7. The van der Waals surface area contributed by atoms with Crippen molar-refractivity contribution in [2.24, 2.45) is 0 Å². The zero-order valence-corrected chi connectivity index (χ0v) is 30.2. The van der Waals surface area contributed by atoms with Gasteiger partial charge in [0.05, 0.1) is 19.6 Å². The third kappa shape index (κ3) is 9.06. The van der Waals surface area contributed by atoms with Gasteiger partial charge in [0, 0.05) is 23.5 Å². The van der Waals surface area contributed by atoms with E-state index >= 15 is 0 Å². The molecule has 12 nitrogen and oxygen atoms in total. The Morgan fingerprint density at radius 1 is 0.537 bits per heavy atom. The van der Waals surface area contributed by atoms with Gasteiger partial charge in [-0.3, -0.25) is 0 Å². The smallest absolute Gasteiger partial charge is 0.744 e. The standard InChI is InChI=1S/C24H20N2O10S3.2K/c25-15-3-1-5-17(11-15)35-21-9-7-19(13-23(21)38(29,30)31)37(27,28)20-8-10-22(24(14-20)39(32,33)34)36-18-6-2-4-16(26)12-18;;/h1-14H,25-26H2,(H,29,30,31)(H,32,33,34);;/q;2*+1/p-2. The number of ether oxygens (including phenoxy) is 2. The molecule has 0 aromatic heterocycles. The van der Waals surface area contributed by atoms with Crippen molar-refractivity contribution in [2.75, 3.05) is 11.5 Å². The Balaban J connectivity index is 0.00000294. The Bertz CT molecular complexity index is 1780. The number of benzene rings is 4. The predicted octanol–water partition coefficient (Wildman–Crippen LogP) is -2.92. The van der Waals surface area contributed by atoms with Crippen molar-refractivity contribution in [3.63, 3.8) is 0 Å². The SMILES string of the molecule is Nc1cccc(Oc2ccc(S(=O)(=O)c3ccc(Oc4cccc(N)c4)c(S(=O)(=O)[O-])c3)cc2S(=O)(=O)[O-])c1.[K+].[K+]. The number of sulfone groups is 1. The zero-order chi connectivity index (χ0) is 28.6. The van der Waals surface area contributed by atoms with Crippen LogP contribution in [0, 0.1) is 0 Å². The van der Waals surface area contributed by atoms with Crippen LogP contribution in [-0.4, -0.2) is 34.4 Å². The summed E-state index contributed by atoms with van der Waals surface area (Å²) in [5.74, 6) is -0.778. The van der Waals surface area contributed by atoms with Gasteiger partial charge in [0.1, 0.15) is 43.2 Å². The first-order chi connectivity index (χ1) is 18.1. The van der Waals surface area contributed by atoms with Gasteiger partial charge in [-0.2, -0.15) is 0 Å². The Morgan fingerprint density at radius 3 is 1.22 bits per heavy atom. The van der Waals surface area contributed by atoms with Crippen LogP contribution in [0.5, 0.6) is 23.0 Å². The summed E-state index contributed by atoms with van der Waals surface area (Å²) in [5.41, 5.74) is 11.9. The minimum absolute atomic E-state index is 0.